The van der Waals surface area contributed by atoms with Crippen LogP contribution in [0.3, 0.4) is 0 Å². The number of methoxy groups -OCH3 is 1. The molecule has 1 aliphatic heterocycles. The molecule has 5 nitrogen and oxygen atoms in total. The Morgan fingerprint density at radius 1 is 1.27 bits per heavy atom. The lowest BCUT2D eigenvalue weighted by molar-refractivity contribution is -0.130. The highest BCUT2D eigenvalue weighted by molar-refractivity contribution is 6.08. The van der Waals surface area contributed by atoms with Gasteiger partial charge in [-0.05, 0) is 37.0 Å². The maximum Gasteiger partial charge on any atom is 0.290 e. The van der Waals surface area contributed by atoms with Crippen molar-refractivity contribution in [2.45, 2.75) is 52.5 Å². The molecular formula is C21H29NO4. The lowest BCUT2D eigenvalue weighted by atomic mass is 9.94. The van der Waals surface area contributed by atoms with Crippen molar-refractivity contribution in [3.63, 3.8) is 0 Å². The summed E-state index contributed by atoms with van der Waals surface area (Å²) in [6.07, 6.45) is 4.19. The summed E-state index contributed by atoms with van der Waals surface area (Å²) in [6, 6.07) is 6.76. The van der Waals surface area contributed by atoms with E-state index in [1.54, 1.807) is 24.1 Å². The van der Waals surface area contributed by atoms with Crippen LogP contribution in [0.1, 0.15) is 58.1 Å². The normalized spacial score (nSPS) is 18.4. The Balaban J connectivity index is 2.38. The van der Waals surface area contributed by atoms with Gasteiger partial charge in [-0.25, -0.2) is 0 Å². The minimum Gasteiger partial charge on any atom is -0.503 e. The average molecular weight is 359 g/mol. The van der Waals surface area contributed by atoms with Crippen LogP contribution in [0.15, 0.2) is 35.6 Å². The minimum absolute atomic E-state index is 0.186. The van der Waals surface area contributed by atoms with Gasteiger partial charge in [0.25, 0.3) is 5.91 Å². The maximum atomic E-state index is 12.7. The summed E-state index contributed by atoms with van der Waals surface area (Å²) >= 11 is 0. The van der Waals surface area contributed by atoms with Gasteiger partial charge in [-0.1, -0.05) is 45.2 Å². The number of rotatable bonds is 9. The Bertz CT molecular complexity index is 678. The molecular weight excluding hydrogens is 330 g/mol. The second-order valence-corrected chi connectivity index (χ2v) is 6.87. The summed E-state index contributed by atoms with van der Waals surface area (Å²) in [7, 11) is 1.59. The standard InChI is InChI=1S/C21H29NO4/c1-5-7-8-15(6-2)13-22-19(16-9-11-17(26-4)12-10-16)18(14(3)23)20(24)21(22)25/h9-12,15,19,24H,5-8,13H2,1-4H3/t15-,19+/m0/s1. The number of ether oxygens (including phenoxy) is 1. The first-order chi connectivity index (χ1) is 12.4. The molecule has 0 spiro atoms. The van der Waals surface area contributed by atoms with Crippen molar-refractivity contribution < 1.29 is 19.4 Å². The van der Waals surface area contributed by atoms with E-state index in [-0.39, 0.29) is 11.4 Å². The number of carbonyl (C=O) groups is 2. The molecule has 1 heterocycles. The molecule has 1 N–H and O–H groups in total. The van der Waals surface area contributed by atoms with E-state index in [0.717, 1.165) is 31.2 Å². The smallest absolute Gasteiger partial charge is 0.290 e. The SMILES string of the molecule is CCCC[C@H](CC)CN1C(=O)C(O)=C(C(C)=O)[C@H]1c1ccc(OC)cc1. The third kappa shape index (κ3) is 4.09. The van der Waals surface area contributed by atoms with E-state index < -0.39 is 17.7 Å². The molecule has 1 aromatic carbocycles. The molecule has 0 fully saturated rings. The number of nitrogens with zero attached hydrogens (tertiary/aromatic N) is 1. The van der Waals surface area contributed by atoms with Crippen LogP contribution in [0.25, 0.3) is 0 Å². The summed E-state index contributed by atoms with van der Waals surface area (Å²) < 4.78 is 5.19. The van der Waals surface area contributed by atoms with Gasteiger partial charge in [0.05, 0.1) is 18.7 Å². The molecule has 26 heavy (non-hydrogen) atoms. The lowest BCUT2D eigenvalue weighted by Gasteiger charge is -2.30. The van der Waals surface area contributed by atoms with Gasteiger partial charge in [0.2, 0.25) is 0 Å². The second kappa shape index (κ2) is 8.88. The van der Waals surface area contributed by atoms with E-state index in [9.17, 15) is 14.7 Å². The number of aliphatic hydroxyl groups excluding tert-OH is 1. The van der Waals surface area contributed by atoms with Crippen LogP contribution in [-0.4, -0.2) is 35.4 Å². The van der Waals surface area contributed by atoms with Crippen LogP contribution < -0.4 is 4.74 Å². The summed E-state index contributed by atoms with van der Waals surface area (Å²) in [5, 5.41) is 10.3. The van der Waals surface area contributed by atoms with Crippen molar-refractivity contribution in [2.75, 3.05) is 13.7 Å². The molecule has 0 saturated heterocycles. The number of amides is 1. The van der Waals surface area contributed by atoms with E-state index in [4.69, 9.17) is 4.74 Å². The van der Waals surface area contributed by atoms with Gasteiger partial charge in [-0.2, -0.15) is 0 Å². The van der Waals surface area contributed by atoms with Gasteiger partial charge in [0.15, 0.2) is 11.5 Å². The fraction of sp³-hybridized carbons (Fsp3) is 0.524. The van der Waals surface area contributed by atoms with Crippen molar-refractivity contribution >= 4 is 11.7 Å². The monoisotopic (exact) mass is 359 g/mol. The van der Waals surface area contributed by atoms with Crippen molar-refractivity contribution in [2.24, 2.45) is 5.92 Å². The highest BCUT2D eigenvalue weighted by Gasteiger charge is 2.42. The van der Waals surface area contributed by atoms with E-state index >= 15 is 0 Å². The Morgan fingerprint density at radius 2 is 1.92 bits per heavy atom. The number of Topliss-reactive ketones (excluding diaryl/α,β-unsaturated/α-hetero) is 1. The van der Waals surface area contributed by atoms with E-state index in [1.165, 1.54) is 6.92 Å². The maximum absolute atomic E-state index is 12.7. The molecule has 1 aliphatic rings. The Hall–Kier alpha value is -2.30. The van der Waals surface area contributed by atoms with Crippen molar-refractivity contribution in [3.8, 4) is 5.75 Å². The Labute approximate surface area is 155 Å². The lowest BCUT2D eigenvalue weighted by Crippen LogP contribution is -2.35. The van der Waals surface area contributed by atoms with Crippen molar-refractivity contribution in [1.29, 1.82) is 0 Å². The summed E-state index contributed by atoms with van der Waals surface area (Å²) in [6.45, 7) is 6.19. The first kappa shape index (κ1) is 20.0. The van der Waals surface area contributed by atoms with E-state index in [0.29, 0.717) is 18.2 Å². The molecule has 0 aromatic heterocycles. The molecule has 5 heteroatoms. The minimum atomic E-state index is -0.540. The summed E-state index contributed by atoms with van der Waals surface area (Å²) in [5.41, 5.74) is 0.990. The molecule has 2 atom stereocenters. The summed E-state index contributed by atoms with van der Waals surface area (Å²) in [5.74, 6) is -0.0919. The predicted octanol–water partition coefficient (Wildman–Crippen LogP) is 4.20. The van der Waals surface area contributed by atoms with Crippen LogP contribution in [-0.2, 0) is 9.59 Å². The zero-order chi connectivity index (χ0) is 19.3. The van der Waals surface area contributed by atoms with Crippen LogP contribution in [0.2, 0.25) is 0 Å². The predicted molar refractivity (Wildman–Crippen MR) is 101 cm³/mol. The molecule has 0 unspecified atom stereocenters. The molecule has 2 rings (SSSR count). The largest absolute Gasteiger partial charge is 0.503 e. The number of carbonyl (C=O) groups excluding carboxylic acids is 2. The molecule has 0 saturated carbocycles. The zero-order valence-electron chi connectivity index (χ0n) is 16.1. The number of benzene rings is 1. The molecule has 0 aliphatic carbocycles. The Kier molecular flexibility index (Phi) is 6.83. The Morgan fingerprint density at radius 3 is 2.42 bits per heavy atom. The second-order valence-electron chi connectivity index (χ2n) is 6.87. The fourth-order valence-corrected chi connectivity index (χ4v) is 3.53. The summed E-state index contributed by atoms with van der Waals surface area (Å²) in [4.78, 5) is 26.5. The number of aliphatic hydroxyl groups is 1. The highest BCUT2D eigenvalue weighted by Crippen LogP contribution is 2.39. The number of hydrogen-bond donors (Lipinski definition) is 1. The molecule has 1 aromatic rings. The highest BCUT2D eigenvalue weighted by atomic mass is 16.5. The van der Waals surface area contributed by atoms with Gasteiger partial charge in [-0.3, -0.25) is 9.59 Å². The third-order valence-corrected chi connectivity index (χ3v) is 5.11. The van der Waals surface area contributed by atoms with Crippen molar-refractivity contribution in [1.82, 2.24) is 4.90 Å². The average Bonchev–Trinajstić information content (AvgIpc) is 2.89. The molecule has 0 radical (unpaired) electrons. The quantitative estimate of drug-likeness (QED) is 0.718. The molecule has 142 valence electrons. The number of hydrogen-bond acceptors (Lipinski definition) is 4. The van der Waals surface area contributed by atoms with E-state index in [2.05, 4.69) is 13.8 Å². The zero-order valence-corrected chi connectivity index (χ0v) is 16.1. The van der Waals surface area contributed by atoms with E-state index in [1.807, 2.05) is 12.1 Å². The first-order valence-corrected chi connectivity index (χ1v) is 9.33. The van der Waals surface area contributed by atoms with Gasteiger partial charge < -0.3 is 14.7 Å². The van der Waals surface area contributed by atoms with Crippen LogP contribution >= 0.6 is 0 Å². The third-order valence-electron chi connectivity index (χ3n) is 5.11. The number of ketones is 1. The topological polar surface area (TPSA) is 66.8 Å². The van der Waals surface area contributed by atoms with Crippen molar-refractivity contribution in [3.05, 3.63) is 41.2 Å². The van der Waals surface area contributed by atoms with Gasteiger partial charge in [0, 0.05) is 6.54 Å². The molecule has 0 bridgehead atoms. The molecule has 1 amide bonds. The van der Waals surface area contributed by atoms with Crippen LogP contribution in [0.5, 0.6) is 5.75 Å². The van der Waals surface area contributed by atoms with Gasteiger partial charge in [-0.15, -0.1) is 0 Å². The van der Waals surface area contributed by atoms with Crippen LogP contribution in [0.4, 0.5) is 0 Å². The first-order valence-electron chi connectivity index (χ1n) is 9.33. The fourth-order valence-electron chi connectivity index (χ4n) is 3.53. The number of unbranched alkanes of at least 4 members (excludes halogenated alkanes) is 1. The van der Waals surface area contributed by atoms with Crippen LogP contribution in [0, 0.1) is 5.92 Å². The van der Waals surface area contributed by atoms with Gasteiger partial charge in [0.1, 0.15) is 5.75 Å². The van der Waals surface area contributed by atoms with Gasteiger partial charge >= 0.3 is 0 Å².